The lowest BCUT2D eigenvalue weighted by Crippen LogP contribution is -2.38. The summed E-state index contributed by atoms with van der Waals surface area (Å²) in [5, 5.41) is 3.73. The smallest absolute Gasteiger partial charge is 0.233 e. The van der Waals surface area contributed by atoms with Crippen molar-refractivity contribution < 1.29 is 9.53 Å². The minimum atomic E-state index is -0.183. The largest absolute Gasteiger partial charge is 0.497 e. The van der Waals surface area contributed by atoms with Gasteiger partial charge in [0.1, 0.15) is 5.75 Å². The van der Waals surface area contributed by atoms with E-state index in [1.165, 1.54) is 11.8 Å². The second kappa shape index (κ2) is 8.58. The highest BCUT2D eigenvalue weighted by atomic mass is 32.2. The van der Waals surface area contributed by atoms with E-state index in [2.05, 4.69) is 10.3 Å². The zero-order valence-electron chi connectivity index (χ0n) is 13.7. The number of amides is 1. The van der Waals surface area contributed by atoms with Crippen molar-refractivity contribution in [3.63, 3.8) is 0 Å². The Balaban J connectivity index is 1.86. The van der Waals surface area contributed by atoms with Gasteiger partial charge in [-0.15, -0.1) is 0 Å². The van der Waals surface area contributed by atoms with E-state index in [0.717, 1.165) is 22.8 Å². The van der Waals surface area contributed by atoms with E-state index in [0.29, 0.717) is 0 Å². The van der Waals surface area contributed by atoms with Crippen LogP contribution in [0.3, 0.4) is 0 Å². The third kappa shape index (κ3) is 5.60. The third-order valence-electron chi connectivity index (χ3n) is 3.37. The Labute approximate surface area is 141 Å². The topological polar surface area (TPSA) is 51.2 Å². The van der Waals surface area contributed by atoms with Gasteiger partial charge >= 0.3 is 0 Å². The first-order valence-corrected chi connectivity index (χ1v) is 8.47. The van der Waals surface area contributed by atoms with Crippen molar-refractivity contribution in [3.8, 4) is 5.75 Å². The summed E-state index contributed by atoms with van der Waals surface area (Å²) in [4.78, 5) is 16.5. The molecule has 5 heteroatoms. The van der Waals surface area contributed by atoms with E-state index in [1.54, 1.807) is 13.3 Å². The molecule has 2 aromatic rings. The fourth-order valence-corrected chi connectivity index (χ4v) is 3.03. The Hall–Kier alpha value is -2.01. The molecule has 0 unspecified atom stereocenters. The molecule has 0 aliphatic heterocycles. The molecule has 0 bridgehead atoms. The SMILES string of the molecule is COc1cccc(C[C@H](C)NC(=O)[C@H](C)Sc2ccccn2)c1. The number of carbonyl (C=O) groups is 1. The lowest BCUT2D eigenvalue weighted by molar-refractivity contribution is -0.120. The van der Waals surface area contributed by atoms with Crippen LogP contribution in [-0.4, -0.2) is 29.3 Å². The summed E-state index contributed by atoms with van der Waals surface area (Å²) in [7, 11) is 1.65. The zero-order valence-corrected chi connectivity index (χ0v) is 14.5. The molecule has 0 radical (unpaired) electrons. The van der Waals surface area contributed by atoms with Crippen molar-refractivity contribution in [3.05, 3.63) is 54.2 Å². The van der Waals surface area contributed by atoms with E-state index in [9.17, 15) is 4.79 Å². The molecular weight excluding hydrogens is 308 g/mol. The zero-order chi connectivity index (χ0) is 16.7. The summed E-state index contributed by atoms with van der Waals surface area (Å²) < 4.78 is 5.22. The Kier molecular flexibility index (Phi) is 6.47. The van der Waals surface area contributed by atoms with Crippen LogP contribution in [-0.2, 0) is 11.2 Å². The van der Waals surface area contributed by atoms with Gasteiger partial charge in [-0.25, -0.2) is 4.98 Å². The Morgan fingerprint density at radius 3 is 2.78 bits per heavy atom. The maximum absolute atomic E-state index is 12.3. The molecule has 23 heavy (non-hydrogen) atoms. The molecule has 0 saturated heterocycles. The van der Waals surface area contributed by atoms with Gasteiger partial charge in [-0.2, -0.15) is 0 Å². The molecule has 0 aliphatic rings. The molecule has 2 rings (SSSR count). The van der Waals surface area contributed by atoms with Crippen molar-refractivity contribution in [1.29, 1.82) is 0 Å². The quantitative estimate of drug-likeness (QED) is 0.791. The molecule has 1 amide bonds. The van der Waals surface area contributed by atoms with E-state index < -0.39 is 0 Å². The van der Waals surface area contributed by atoms with Gasteiger partial charge in [-0.05, 0) is 50.1 Å². The van der Waals surface area contributed by atoms with Crippen LogP contribution in [0.4, 0.5) is 0 Å². The fourth-order valence-electron chi connectivity index (χ4n) is 2.22. The van der Waals surface area contributed by atoms with Gasteiger partial charge in [0.05, 0.1) is 17.4 Å². The highest BCUT2D eigenvalue weighted by Crippen LogP contribution is 2.20. The number of carbonyl (C=O) groups excluding carboxylic acids is 1. The summed E-state index contributed by atoms with van der Waals surface area (Å²) in [6.45, 7) is 3.91. The first-order chi connectivity index (χ1) is 11.1. The van der Waals surface area contributed by atoms with Crippen molar-refractivity contribution >= 4 is 17.7 Å². The van der Waals surface area contributed by atoms with E-state index >= 15 is 0 Å². The number of benzene rings is 1. The van der Waals surface area contributed by atoms with Crippen molar-refractivity contribution in [2.75, 3.05) is 7.11 Å². The number of thioether (sulfide) groups is 1. The monoisotopic (exact) mass is 330 g/mol. The number of hydrogen-bond acceptors (Lipinski definition) is 4. The molecule has 0 fully saturated rings. The van der Waals surface area contributed by atoms with Gasteiger partial charge in [0.15, 0.2) is 0 Å². The number of aromatic nitrogens is 1. The molecule has 122 valence electrons. The Morgan fingerprint density at radius 1 is 1.26 bits per heavy atom. The van der Waals surface area contributed by atoms with Gasteiger partial charge in [0.2, 0.25) is 5.91 Å². The maximum atomic E-state index is 12.3. The van der Waals surface area contributed by atoms with Gasteiger partial charge in [-0.3, -0.25) is 4.79 Å². The molecule has 4 nitrogen and oxygen atoms in total. The van der Waals surface area contributed by atoms with Crippen LogP contribution >= 0.6 is 11.8 Å². The van der Waals surface area contributed by atoms with Crippen LogP contribution in [0.1, 0.15) is 19.4 Å². The number of pyridine rings is 1. The molecule has 0 aliphatic carbocycles. The van der Waals surface area contributed by atoms with Crippen LogP contribution in [0, 0.1) is 0 Å². The normalized spacial score (nSPS) is 13.2. The summed E-state index contributed by atoms with van der Waals surface area (Å²) >= 11 is 1.46. The van der Waals surface area contributed by atoms with E-state index in [4.69, 9.17) is 4.74 Å². The summed E-state index contributed by atoms with van der Waals surface area (Å²) in [6, 6.07) is 13.7. The number of methoxy groups -OCH3 is 1. The average Bonchev–Trinajstić information content (AvgIpc) is 2.55. The number of hydrogen-bond donors (Lipinski definition) is 1. The average molecular weight is 330 g/mol. The second-order valence-electron chi connectivity index (χ2n) is 5.39. The molecule has 0 saturated carbocycles. The Bertz CT molecular complexity index is 634. The van der Waals surface area contributed by atoms with Gasteiger partial charge < -0.3 is 10.1 Å². The number of nitrogens with zero attached hydrogens (tertiary/aromatic N) is 1. The molecule has 1 aromatic carbocycles. The summed E-state index contributed by atoms with van der Waals surface area (Å²) in [5.41, 5.74) is 1.14. The predicted octanol–water partition coefficient (Wildman–Crippen LogP) is 3.32. The molecule has 1 N–H and O–H groups in total. The summed E-state index contributed by atoms with van der Waals surface area (Å²) in [6.07, 6.45) is 2.50. The third-order valence-corrected chi connectivity index (χ3v) is 4.42. The molecule has 1 aromatic heterocycles. The minimum absolute atomic E-state index is 0.0241. The van der Waals surface area contributed by atoms with Gasteiger partial charge in [0, 0.05) is 12.2 Å². The number of rotatable bonds is 7. The fraction of sp³-hybridized carbons (Fsp3) is 0.333. The highest BCUT2D eigenvalue weighted by Gasteiger charge is 2.17. The van der Waals surface area contributed by atoms with Crippen LogP contribution < -0.4 is 10.1 Å². The van der Waals surface area contributed by atoms with E-state index in [1.807, 2.05) is 56.3 Å². The van der Waals surface area contributed by atoms with Crippen LogP contribution in [0.25, 0.3) is 0 Å². The van der Waals surface area contributed by atoms with Gasteiger partial charge in [0.25, 0.3) is 0 Å². The predicted molar refractivity (Wildman–Crippen MR) is 93.9 cm³/mol. The molecule has 0 spiro atoms. The van der Waals surface area contributed by atoms with Crippen molar-refractivity contribution in [2.24, 2.45) is 0 Å². The van der Waals surface area contributed by atoms with Crippen LogP contribution in [0.5, 0.6) is 5.75 Å². The Morgan fingerprint density at radius 2 is 2.09 bits per heavy atom. The molecule has 1 heterocycles. The van der Waals surface area contributed by atoms with Crippen molar-refractivity contribution in [1.82, 2.24) is 10.3 Å². The highest BCUT2D eigenvalue weighted by molar-refractivity contribution is 8.00. The number of ether oxygens (including phenoxy) is 1. The molecular formula is C18H22N2O2S. The first-order valence-electron chi connectivity index (χ1n) is 7.59. The van der Waals surface area contributed by atoms with Crippen molar-refractivity contribution in [2.45, 2.75) is 36.6 Å². The minimum Gasteiger partial charge on any atom is -0.497 e. The van der Waals surface area contributed by atoms with Gasteiger partial charge in [-0.1, -0.05) is 30.0 Å². The van der Waals surface area contributed by atoms with Crippen LogP contribution in [0.15, 0.2) is 53.7 Å². The lowest BCUT2D eigenvalue weighted by atomic mass is 10.1. The van der Waals surface area contributed by atoms with Crippen LogP contribution in [0.2, 0.25) is 0 Å². The maximum Gasteiger partial charge on any atom is 0.233 e. The standard InChI is InChI=1S/C18H22N2O2S/c1-13(11-15-7-6-8-16(12-15)22-3)20-18(21)14(2)23-17-9-4-5-10-19-17/h4-10,12-14H,11H2,1-3H3,(H,20,21)/t13-,14-/m0/s1. The summed E-state index contributed by atoms with van der Waals surface area (Å²) in [5.74, 6) is 0.858. The lowest BCUT2D eigenvalue weighted by Gasteiger charge is -2.17. The second-order valence-corrected chi connectivity index (χ2v) is 6.75. The number of nitrogens with one attached hydrogen (secondary N) is 1. The molecule has 2 atom stereocenters. The first kappa shape index (κ1) is 17.3. The van der Waals surface area contributed by atoms with E-state index in [-0.39, 0.29) is 17.2 Å².